The number of unbranched alkanes of at least 4 members (excludes halogenated alkanes) is 1. The largest absolute Gasteiger partial charge is 0.444 e. The summed E-state index contributed by atoms with van der Waals surface area (Å²) in [5, 5.41) is 5.77. The maximum absolute atomic E-state index is 14.5. The van der Waals surface area contributed by atoms with Crippen LogP contribution < -0.4 is 15.7 Å². The van der Waals surface area contributed by atoms with Gasteiger partial charge in [-0.3, -0.25) is 4.79 Å². The number of amides is 2. The molecule has 0 spiro atoms. The highest BCUT2D eigenvalue weighted by Crippen LogP contribution is 2.46. The summed E-state index contributed by atoms with van der Waals surface area (Å²) in [4.78, 5) is 44.3. The molecule has 2 fully saturated rings. The second kappa shape index (κ2) is 23.1. The van der Waals surface area contributed by atoms with Crippen LogP contribution in [0.25, 0.3) is 0 Å². The summed E-state index contributed by atoms with van der Waals surface area (Å²) in [5.41, 5.74) is -0.500. The number of benzene rings is 2. The van der Waals surface area contributed by atoms with Crippen molar-refractivity contribution >= 4 is 45.0 Å². The van der Waals surface area contributed by atoms with Gasteiger partial charge in [-0.15, -0.1) is 0 Å². The third kappa shape index (κ3) is 15.4. The van der Waals surface area contributed by atoms with Crippen molar-refractivity contribution in [1.29, 1.82) is 0 Å². The van der Waals surface area contributed by atoms with Gasteiger partial charge in [-0.2, -0.15) is 0 Å². The average molecular weight is 988 g/mol. The molecule has 1 N–H and O–H groups in total. The number of likely N-dealkylation sites (tertiary alicyclic amines) is 1. The molecule has 5 rings (SSSR count). The molecule has 0 aromatic heterocycles. The van der Waals surface area contributed by atoms with E-state index in [1.165, 1.54) is 10.4 Å². The fourth-order valence-electron chi connectivity index (χ4n) is 11.4. The van der Waals surface area contributed by atoms with Gasteiger partial charge in [0.1, 0.15) is 11.2 Å². The van der Waals surface area contributed by atoms with E-state index >= 15 is 0 Å². The Balaban J connectivity index is 1.36. The van der Waals surface area contributed by atoms with Crippen molar-refractivity contribution in [2.24, 2.45) is 23.7 Å². The summed E-state index contributed by atoms with van der Waals surface area (Å²) in [7, 11) is -4.70. The molecule has 69 heavy (non-hydrogen) atoms. The van der Waals surface area contributed by atoms with E-state index in [-0.39, 0.29) is 46.2 Å². The lowest BCUT2D eigenvalue weighted by Gasteiger charge is -2.46. The molecule has 1 heterocycles. The minimum Gasteiger partial charge on any atom is -0.444 e. The van der Waals surface area contributed by atoms with Crippen LogP contribution in [0.15, 0.2) is 72.3 Å². The molecule has 9 nitrogen and oxygen atoms in total. The highest BCUT2D eigenvalue weighted by atomic mass is 28.4. The number of rotatable bonds is 16. The number of Topliss-reactive ketones (excluding diaryl/α,β-unsaturated/α-hetero) is 1. The van der Waals surface area contributed by atoms with Gasteiger partial charge in [-0.1, -0.05) is 122 Å². The third-order valence-electron chi connectivity index (χ3n) is 15.6. The van der Waals surface area contributed by atoms with E-state index in [2.05, 4.69) is 141 Å². The van der Waals surface area contributed by atoms with Crippen molar-refractivity contribution in [3.8, 4) is 0 Å². The van der Waals surface area contributed by atoms with Crippen LogP contribution in [0.5, 0.6) is 0 Å². The van der Waals surface area contributed by atoms with Crippen LogP contribution >= 0.6 is 0 Å². The SMILES string of the molecule is C[C@@H]1C[C@H]2CC(=O)C(CC[C@@H](C[C@@H]3C[C@@H](C)C[C@@H](CCCCO[Si](c4ccccc4)(c4ccccc4)C(C)(C)C)N3C(=O)OC(C)(C)C)NC(=O)OC(C)(C)C)=CC[C@H]2[C@@H](O[Si](C)(C)C(C)(C)C)C1. The summed E-state index contributed by atoms with van der Waals surface area (Å²) in [6, 6.07) is 21.0. The van der Waals surface area contributed by atoms with Crippen molar-refractivity contribution < 1.29 is 32.7 Å². The predicted molar refractivity (Wildman–Crippen MR) is 288 cm³/mol. The number of alkyl carbamates (subject to hydrolysis) is 1. The maximum atomic E-state index is 14.5. The van der Waals surface area contributed by atoms with Gasteiger partial charge in [0.05, 0.1) is 0 Å². The number of fused-ring (bicyclic) bond motifs is 1. The molecule has 386 valence electrons. The van der Waals surface area contributed by atoms with Gasteiger partial charge in [0.15, 0.2) is 14.1 Å². The van der Waals surface area contributed by atoms with E-state index in [0.29, 0.717) is 56.0 Å². The van der Waals surface area contributed by atoms with Crippen molar-refractivity contribution in [3.63, 3.8) is 0 Å². The van der Waals surface area contributed by atoms with E-state index in [4.69, 9.17) is 18.3 Å². The monoisotopic (exact) mass is 987 g/mol. The summed E-state index contributed by atoms with van der Waals surface area (Å²) in [6.07, 6.45) is 10.9. The van der Waals surface area contributed by atoms with Gasteiger partial charge in [-0.25, -0.2) is 9.59 Å². The standard InChI is InChI=1S/C58H94N2O7Si2/c1-41-35-44-39-51(61)43(31-33-50(44)52(38-41)67-68(15,16)57(9,10)11)30-32-45(59-53(62)65-55(3,4)5)40-47-37-42(2)36-46(60(47)54(63)66-56(6,7)8)25-23-24-34-64-69(58(12,13)14,48-26-19-17-20-27-48)49-28-21-18-22-29-49/h17-22,26-29,31,41-42,44-47,50,52H,23-25,30,32-40H2,1-16H3,(H,59,62)/t41-,42+,44+,45+,46-,47+,50-,52+/m1/s1. The Hall–Kier alpha value is -3.26. The molecule has 2 aliphatic carbocycles. The maximum Gasteiger partial charge on any atom is 0.410 e. The number of nitrogens with one attached hydrogen (secondary N) is 1. The Labute approximate surface area is 421 Å². The third-order valence-corrected chi connectivity index (χ3v) is 25.1. The van der Waals surface area contributed by atoms with Crippen LogP contribution in [-0.2, 0) is 23.1 Å². The Kier molecular flexibility index (Phi) is 19.0. The van der Waals surface area contributed by atoms with Gasteiger partial charge in [-0.05, 0) is 175 Å². The van der Waals surface area contributed by atoms with Crippen molar-refractivity contribution in [1.82, 2.24) is 10.2 Å². The number of nitrogens with zero attached hydrogens (tertiary/aromatic N) is 1. The van der Waals surface area contributed by atoms with E-state index in [1.807, 2.05) is 46.4 Å². The summed E-state index contributed by atoms with van der Waals surface area (Å²) < 4.78 is 26.4. The van der Waals surface area contributed by atoms with Crippen molar-refractivity contribution in [2.45, 2.75) is 233 Å². The predicted octanol–water partition coefficient (Wildman–Crippen LogP) is 13.5. The smallest absolute Gasteiger partial charge is 0.410 e. The van der Waals surface area contributed by atoms with Crippen LogP contribution in [0.2, 0.25) is 23.2 Å². The topological polar surface area (TPSA) is 103 Å². The average Bonchev–Trinajstić information content (AvgIpc) is 3.36. The lowest BCUT2D eigenvalue weighted by molar-refractivity contribution is -0.117. The molecule has 11 heteroatoms. The van der Waals surface area contributed by atoms with Gasteiger partial charge in [0, 0.05) is 37.3 Å². The molecule has 0 unspecified atom stereocenters. The summed E-state index contributed by atoms with van der Waals surface area (Å²) in [5.74, 6) is 1.70. The number of carbonyl (C=O) groups is 3. The number of piperidine rings is 1. The molecule has 1 aliphatic heterocycles. The molecular formula is C58H94N2O7Si2. The second-order valence-corrected chi connectivity index (χ2v) is 35.0. The quantitative estimate of drug-likeness (QED) is 0.132. The number of hydrogen-bond donors (Lipinski definition) is 1. The van der Waals surface area contributed by atoms with Gasteiger partial charge in [0.2, 0.25) is 0 Å². The number of ether oxygens (including phenoxy) is 2. The van der Waals surface area contributed by atoms with Crippen LogP contribution in [-0.4, -0.2) is 81.5 Å². The van der Waals surface area contributed by atoms with E-state index in [9.17, 15) is 14.4 Å². The minimum atomic E-state index is -2.68. The van der Waals surface area contributed by atoms with E-state index in [1.54, 1.807) is 0 Å². The highest BCUT2D eigenvalue weighted by molar-refractivity contribution is 6.99. The lowest BCUT2D eigenvalue weighted by Crippen LogP contribution is -2.66. The first-order valence-corrected chi connectivity index (χ1v) is 31.5. The first-order chi connectivity index (χ1) is 32.0. The first kappa shape index (κ1) is 56.7. The Bertz CT molecular complexity index is 1970. The van der Waals surface area contributed by atoms with E-state index < -0.39 is 33.9 Å². The molecule has 2 aromatic carbocycles. The first-order valence-electron chi connectivity index (χ1n) is 26.7. The molecule has 8 atom stereocenters. The van der Waals surface area contributed by atoms with Gasteiger partial charge >= 0.3 is 12.2 Å². The lowest BCUT2D eigenvalue weighted by atomic mass is 9.70. The van der Waals surface area contributed by atoms with Gasteiger partial charge < -0.3 is 28.5 Å². The number of hydrogen-bond acceptors (Lipinski definition) is 7. The zero-order chi connectivity index (χ0) is 51.2. The molecule has 0 bridgehead atoms. The molecule has 1 saturated heterocycles. The van der Waals surface area contributed by atoms with Crippen LogP contribution in [0.4, 0.5) is 9.59 Å². The zero-order valence-corrected chi connectivity index (χ0v) is 48.0. The highest BCUT2D eigenvalue weighted by Gasteiger charge is 2.50. The fourth-order valence-corrected chi connectivity index (χ4v) is 17.4. The summed E-state index contributed by atoms with van der Waals surface area (Å²) in [6.45, 7) is 35.1. The molecule has 0 radical (unpaired) electrons. The molecule has 2 aromatic rings. The van der Waals surface area contributed by atoms with Crippen LogP contribution in [0.3, 0.4) is 0 Å². The molecule has 2 amide bonds. The van der Waals surface area contributed by atoms with Crippen molar-refractivity contribution in [3.05, 3.63) is 72.3 Å². The summed E-state index contributed by atoms with van der Waals surface area (Å²) >= 11 is 0. The zero-order valence-electron chi connectivity index (χ0n) is 46.0. The minimum absolute atomic E-state index is 0.0398. The Morgan fingerprint density at radius 3 is 1.86 bits per heavy atom. The normalized spacial score (nSPS) is 24.7. The second-order valence-electron chi connectivity index (χ2n) is 25.9. The number of ketones is 1. The molecule has 1 saturated carbocycles. The fraction of sp³-hybridized carbons (Fsp3) is 0.707. The number of carbonyl (C=O) groups excluding carboxylic acids is 3. The Morgan fingerprint density at radius 1 is 0.739 bits per heavy atom. The number of allylic oxidation sites excluding steroid dienone is 2. The van der Waals surface area contributed by atoms with Crippen LogP contribution in [0.1, 0.15) is 174 Å². The van der Waals surface area contributed by atoms with E-state index in [0.717, 1.165) is 56.9 Å². The molecule has 3 aliphatic rings. The van der Waals surface area contributed by atoms with Crippen molar-refractivity contribution in [2.75, 3.05) is 6.61 Å². The van der Waals surface area contributed by atoms with Crippen LogP contribution in [0, 0.1) is 23.7 Å². The van der Waals surface area contributed by atoms with Gasteiger partial charge in [0.25, 0.3) is 8.32 Å². The Morgan fingerprint density at radius 2 is 1.30 bits per heavy atom. The molecular weight excluding hydrogens is 893 g/mol.